The molecule has 49 heavy (non-hydrogen) atoms. The molecule has 0 aliphatic heterocycles. The van der Waals surface area contributed by atoms with Crippen molar-refractivity contribution in [3.63, 3.8) is 0 Å². The molecule has 11 rings (SSSR count). The summed E-state index contributed by atoms with van der Waals surface area (Å²) in [7, 11) is 0. The van der Waals surface area contributed by atoms with Crippen LogP contribution >= 0.6 is 0 Å². The molecular weight excluding hydrogens is 591 g/mol. The van der Waals surface area contributed by atoms with Crippen molar-refractivity contribution in [1.82, 2.24) is 0 Å². The summed E-state index contributed by atoms with van der Waals surface area (Å²) in [6, 6.07) is 44.6. The SMILES string of the molecule is CC1(C)CCC(C)(C)c2cc(N(c3ccccc3)c3ccc4c(c3)-c3cc(-c5ccccc5)ccc3C43C4CC5CC(C4)CC3C5)ccc21. The first-order valence-electron chi connectivity index (χ1n) is 19.1. The van der Waals surface area contributed by atoms with E-state index in [2.05, 4.69) is 148 Å². The van der Waals surface area contributed by atoms with Gasteiger partial charge in [-0.05, 0) is 166 Å². The first-order chi connectivity index (χ1) is 23.7. The Morgan fingerprint density at radius 3 is 1.63 bits per heavy atom. The van der Waals surface area contributed by atoms with Gasteiger partial charge in [0.25, 0.3) is 0 Å². The standard InChI is InChI=1S/C48H49N/c1-46(2)21-22-47(3,4)45-30-39(17-20-44(45)46)49(37-13-9-6-10-14-37)38-16-19-43-41(29-38)40-28-34(33-11-7-5-8-12-33)15-18-42(40)48(43)35-24-31-23-32(26-35)27-36(48)25-31/h5-20,28-32,35-36H,21-27H2,1-4H3. The van der Waals surface area contributed by atoms with Crippen LogP contribution in [0.1, 0.15) is 94.9 Å². The lowest BCUT2D eigenvalue weighted by atomic mass is 9.43. The molecule has 5 aromatic rings. The van der Waals surface area contributed by atoms with E-state index in [9.17, 15) is 0 Å². The number of nitrogens with zero attached hydrogens (tertiary/aromatic N) is 1. The molecule has 1 heteroatoms. The zero-order chi connectivity index (χ0) is 33.1. The van der Waals surface area contributed by atoms with Crippen LogP contribution in [0.4, 0.5) is 17.1 Å². The second-order valence-electron chi connectivity index (χ2n) is 17.7. The van der Waals surface area contributed by atoms with E-state index in [1.807, 2.05) is 0 Å². The third-order valence-corrected chi connectivity index (χ3v) is 14.1. The normalized spacial score (nSPS) is 27.8. The number of para-hydroxylation sites is 1. The van der Waals surface area contributed by atoms with Crippen molar-refractivity contribution < 1.29 is 0 Å². The lowest BCUT2D eigenvalue weighted by molar-refractivity contribution is -0.0399. The molecule has 0 amide bonds. The topological polar surface area (TPSA) is 3.24 Å². The Bertz CT molecular complexity index is 2060. The second kappa shape index (κ2) is 10.5. The van der Waals surface area contributed by atoms with Crippen LogP contribution < -0.4 is 4.90 Å². The summed E-state index contributed by atoms with van der Waals surface area (Å²) < 4.78 is 0. The minimum absolute atomic E-state index is 0.153. The molecule has 5 aromatic carbocycles. The largest absolute Gasteiger partial charge is 0.310 e. The van der Waals surface area contributed by atoms with E-state index in [1.54, 1.807) is 11.1 Å². The summed E-state index contributed by atoms with van der Waals surface area (Å²) >= 11 is 0. The second-order valence-corrected chi connectivity index (χ2v) is 17.7. The molecule has 6 aliphatic rings. The highest BCUT2D eigenvalue weighted by molar-refractivity contribution is 5.89. The molecule has 6 aliphatic carbocycles. The van der Waals surface area contributed by atoms with Crippen molar-refractivity contribution in [2.75, 3.05) is 4.90 Å². The number of benzene rings is 5. The molecule has 4 fully saturated rings. The lowest BCUT2D eigenvalue weighted by Gasteiger charge is -2.61. The van der Waals surface area contributed by atoms with Crippen LogP contribution in [0.2, 0.25) is 0 Å². The predicted molar refractivity (Wildman–Crippen MR) is 205 cm³/mol. The first-order valence-corrected chi connectivity index (χ1v) is 19.1. The molecule has 0 N–H and O–H groups in total. The highest BCUT2D eigenvalue weighted by Gasteiger charge is 2.61. The van der Waals surface area contributed by atoms with E-state index in [0.29, 0.717) is 0 Å². The van der Waals surface area contributed by atoms with Crippen molar-refractivity contribution in [3.8, 4) is 22.3 Å². The predicted octanol–water partition coefficient (Wildman–Crippen LogP) is 12.9. The Kier molecular flexibility index (Phi) is 6.36. The molecular formula is C48H49N. The summed E-state index contributed by atoms with van der Waals surface area (Å²) in [5.41, 5.74) is 16.1. The maximum atomic E-state index is 2.58. The van der Waals surface area contributed by atoms with E-state index < -0.39 is 0 Å². The van der Waals surface area contributed by atoms with Crippen LogP contribution in [0.5, 0.6) is 0 Å². The van der Waals surface area contributed by atoms with Crippen LogP contribution in [0, 0.1) is 23.7 Å². The number of hydrogen-bond donors (Lipinski definition) is 0. The van der Waals surface area contributed by atoms with E-state index >= 15 is 0 Å². The van der Waals surface area contributed by atoms with E-state index in [0.717, 1.165) is 23.7 Å². The molecule has 0 saturated heterocycles. The molecule has 4 saturated carbocycles. The molecule has 0 heterocycles. The lowest BCUT2D eigenvalue weighted by Crippen LogP contribution is -2.55. The van der Waals surface area contributed by atoms with Gasteiger partial charge < -0.3 is 4.90 Å². The Balaban J connectivity index is 1.18. The minimum Gasteiger partial charge on any atom is -0.310 e. The van der Waals surface area contributed by atoms with Crippen LogP contribution in [0.3, 0.4) is 0 Å². The highest BCUT2D eigenvalue weighted by atomic mass is 15.1. The van der Waals surface area contributed by atoms with Gasteiger partial charge in [-0.3, -0.25) is 0 Å². The zero-order valence-corrected chi connectivity index (χ0v) is 29.7. The Morgan fingerprint density at radius 2 is 0.980 bits per heavy atom. The van der Waals surface area contributed by atoms with Crippen molar-refractivity contribution in [2.24, 2.45) is 23.7 Å². The highest BCUT2D eigenvalue weighted by Crippen LogP contribution is 2.69. The average Bonchev–Trinajstić information content (AvgIpc) is 3.39. The fourth-order valence-electron chi connectivity index (χ4n) is 11.9. The van der Waals surface area contributed by atoms with Gasteiger partial charge >= 0.3 is 0 Å². The van der Waals surface area contributed by atoms with Gasteiger partial charge in [-0.15, -0.1) is 0 Å². The number of hydrogen-bond acceptors (Lipinski definition) is 1. The van der Waals surface area contributed by atoms with Gasteiger partial charge in [-0.1, -0.05) is 100 Å². The summed E-state index contributed by atoms with van der Waals surface area (Å²) in [6.45, 7) is 9.74. The molecule has 4 bridgehead atoms. The smallest absolute Gasteiger partial charge is 0.0468 e. The van der Waals surface area contributed by atoms with Gasteiger partial charge in [0, 0.05) is 22.5 Å². The quantitative estimate of drug-likeness (QED) is 0.189. The monoisotopic (exact) mass is 639 g/mol. The third kappa shape index (κ3) is 4.30. The average molecular weight is 640 g/mol. The van der Waals surface area contributed by atoms with Crippen molar-refractivity contribution in [1.29, 1.82) is 0 Å². The van der Waals surface area contributed by atoms with Crippen molar-refractivity contribution >= 4 is 17.1 Å². The fourth-order valence-corrected chi connectivity index (χ4v) is 11.9. The number of fused-ring (bicyclic) bond motifs is 4. The summed E-state index contributed by atoms with van der Waals surface area (Å²) in [4.78, 5) is 2.53. The summed E-state index contributed by atoms with van der Waals surface area (Å²) in [5.74, 6) is 3.40. The van der Waals surface area contributed by atoms with E-state index in [1.165, 1.54) is 95.4 Å². The Labute approximate surface area is 293 Å². The molecule has 1 nitrogen and oxygen atoms in total. The van der Waals surface area contributed by atoms with Crippen molar-refractivity contribution in [3.05, 3.63) is 138 Å². The van der Waals surface area contributed by atoms with E-state index in [-0.39, 0.29) is 16.2 Å². The van der Waals surface area contributed by atoms with Gasteiger partial charge in [-0.2, -0.15) is 0 Å². The van der Waals surface area contributed by atoms with Gasteiger partial charge in [0.2, 0.25) is 0 Å². The Hall–Kier alpha value is -4.10. The van der Waals surface area contributed by atoms with Crippen LogP contribution in [-0.2, 0) is 16.2 Å². The molecule has 1 spiro atoms. The first kappa shape index (κ1) is 29.8. The zero-order valence-electron chi connectivity index (χ0n) is 29.7. The van der Waals surface area contributed by atoms with E-state index in [4.69, 9.17) is 0 Å². The van der Waals surface area contributed by atoms with Gasteiger partial charge in [0.1, 0.15) is 0 Å². The van der Waals surface area contributed by atoms with Gasteiger partial charge in [0.05, 0.1) is 0 Å². The number of anilines is 3. The fraction of sp³-hybridized carbons (Fsp3) is 0.375. The van der Waals surface area contributed by atoms with Crippen LogP contribution in [0.15, 0.2) is 115 Å². The molecule has 0 aromatic heterocycles. The summed E-state index contributed by atoms with van der Waals surface area (Å²) in [6.07, 6.45) is 9.56. The van der Waals surface area contributed by atoms with Gasteiger partial charge in [-0.25, -0.2) is 0 Å². The van der Waals surface area contributed by atoms with Crippen LogP contribution in [0.25, 0.3) is 22.3 Å². The van der Waals surface area contributed by atoms with Crippen LogP contribution in [-0.4, -0.2) is 0 Å². The number of rotatable bonds is 4. The summed E-state index contributed by atoms with van der Waals surface area (Å²) in [5, 5.41) is 0. The third-order valence-electron chi connectivity index (χ3n) is 14.1. The van der Waals surface area contributed by atoms with Gasteiger partial charge in [0.15, 0.2) is 0 Å². The molecule has 0 radical (unpaired) electrons. The Morgan fingerprint density at radius 1 is 0.449 bits per heavy atom. The maximum Gasteiger partial charge on any atom is 0.0468 e. The maximum absolute atomic E-state index is 2.58. The van der Waals surface area contributed by atoms with Crippen molar-refractivity contribution in [2.45, 2.75) is 88.9 Å². The minimum atomic E-state index is 0.153. The molecule has 0 atom stereocenters. The molecule has 0 unspecified atom stereocenters. The molecule has 246 valence electrons.